The van der Waals surface area contributed by atoms with Gasteiger partial charge in [-0.05, 0) is 39.7 Å². The molecule has 1 fully saturated rings. The van der Waals surface area contributed by atoms with E-state index in [1.54, 1.807) is 7.11 Å². The molecule has 0 spiro atoms. The minimum atomic E-state index is 0.364. The van der Waals surface area contributed by atoms with E-state index in [4.69, 9.17) is 4.74 Å². The van der Waals surface area contributed by atoms with Crippen LogP contribution < -0.4 is 10.1 Å². The third-order valence-corrected chi connectivity index (χ3v) is 3.73. The number of ether oxygens (including phenoxy) is 1. The van der Waals surface area contributed by atoms with Crippen molar-refractivity contribution in [2.75, 3.05) is 14.2 Å². The van der Waals surface area contributed by atoms with E-state index in [2.05, 4.69) is 28.9 Å². The van der Waals surface area contributed by atoms with Gasteiger partial charge in [0.2, 0.25) is 0 Å². The quantitative estimate of drug-likeness (QED) is 0.855. The molecule has 1 aliphatic rings. The fraction of sp³-hybridized carbons (Fsp3) is 0.769. The van der Waals surface area contributed by atoms with Gasteiger partial charge in [0.05, 0.1) is 25.0 Å². The van der Waals surface area contributed by atoms with Crippen molar-refractivity contribution in [3.8, 4) is 5.75 Å². The van der Waals surface area contributed by atoms with Crippen LogP contribution in [-0.2, 0) is 0 Å². The normalized spacial score (nSPS) is 18.2. The van der Waals surface area contributed by atoms with E-state index in [0.717, 1.165) is 11.7 Å². The number of hydrogen-bond donors (Lipinski definition) is 1. The molecule has 17 heavy (non-hydrogen) atoms. The van der Waals surface area contributed by atoms with Gasteiger partial charge in [0.15, 0.2) is 5.75 Å². The summed E-state index contributed by atoms with van der Waals surface area (Å²) in [6, 6.07) is 0.730. The molecular weight excluding hydrogens is 214 g/mol. The Kier molecular flexibility index (Phi) is 3.72. The number of hydrogen-bond acceptors (Lipinski definition) is 3. The lowest BCUT2D eigenvalue weighted by atomic mass is 9.78. The zero-order valence-corrected chi connectivity index (χ0v) is 11.2. The van der Waals surface area contributed by atoms with Gasteiger partial charge in [0.25, 0.3) is 0 Å². The van der Waals surface area contributed by atoms with Crippen molar-refractivity contribution in [1.29, 1.82) is 0 Å². The fourth-order valence-electron chi connectivity index (χ4n) is 2.59. The molecule has 0 bridgehead atoms. The number of methoxy groups -OCH3 is 1. The zero-order chi connectivity index (χ0) is 12.4. The Morgan fingerprint density at radius 3 is 2.59 bits per heavy atom. The lowest BCUT2D eigenvalue weighted by Crippen LogP contribution is -2.32. The molecule has 0 aliphatic heterocycles. The average molecular weight is 237 g/mol. The smallest absolute Gasteiger partial charge is 0.161 e. The predicted molar refractivity (Wildman–Crippen MR) is 68.3 cm³/mol. The number of nitrogens with zero attached hydrogens (tertiary/aromatic N) is 2. The van der Waals surface area contributed by atoms with Crippen molar-refractivity contribution in [2.24, 2.45) is 5.92 Å². The van der Waals surface area contributed by atoms with Crippen molar-refractivity contribution in [3.63, 3.8) is 0 Å². The molecule has 1 saturated carbocycles. The fourth-order valence-corrected chi connectivity index (χ4v) is 2.59. The van der Waals surface area contributed by atoms with Crippen LogP contribution >= 0.6 is 0 Å². The summed E-state index contributed by atoms with van der Waals surface area (Å²) >= 11 is 0. The molecule has 0 amide bonds. The van der Waals surface area contributed by atoms with Crippen LogP contribution in [0.4, 0.5) is 0 Å². The second-order valence-electron chi connectivity index (χ2n) is 5.09. The predicted octanol–water partition coefficient (Wildman–Crippen LogP) is 2.53. The molecule has 96 valence electrons. The maximum atomic E-state index is 5.45. The molecule has 1 N–H and O–H groups in total. The molecule has 1 unspecified atom stereocenters. The number of rotatable bonds is 5. The van der Waals surface area contributed by atoms with Crippen molar-refractivity contribution in [3.05, 3.63) is 11.9 Å². The van der Waals surface area contributed by atoms with E-state index < -0.39 is 0 Å². The van der Waals surface area contributed by atoms with Gasteiger partial charge in [0.1, 0.15) is 0 Å². The van der Waals surface area contributed by atoms with E-state index in [-0.39, 0.29) is 0 Å². The Morgan fingerprint density at radius 2 is 2.18 bits per heavy atom. The molecule has 0 saturated heterocycles. The van der Waals surface area contributed by atoms with Gasteiger partial charge in [-0.3, -0.25) is 4.68 Å². The van der Waals surface area contributed by atoms with E-state index in [1.165, 1.54) is 25.0 Å². The van der Waals surface area contributed by atoms with Crippen LogP contribution in [0.2, 0.25) is 0 Å². The number of aromatic nitrogens is 2. The standard InChI is InChI=1S/C13H23N3O/c1-9(2)16-13(11(17-4)8-15-16)12(14-3)10-6-5-7-10/h8-10,12,14H,5-7H2,1-4H3. The molecule has 4 heteroatoms. The minimum absolute atomic E-state index is 0.364. The molecule has 1 aromatic rings. The summed E-state index contributed by atoms with van der Waals surface area (Å²) in [5.41, 5.74) is 1.20. The van der Waals surface area contributed by atoms with E-state index in [0.29, 0.717) is 12.1 Å². The first kappa shape index (κ1) is 12.4. The van der Waals surface area contributed by atoms with Crippen LogP contribution in [0.15, 0.2) is 6.20 Å². The molecule has 1 heterocycles. The highest BCUT2D eigenvalue weighted by atomic mass is 16.5. The average Bonchev–Trinajstić information content (AvgIpc) is 2.66. The van der Waals surface area contributed by atoms with Gasteiger partial charge in [0, 0.05) is 6.04 Å². The molecule has 1 aromatic heterocycles. The molecule has 4 nitrogen and oxygen atoms in total. The second-order valence-corrected chi connectivity index (χ2v) is 5.09. The highest BCUT2D eigenvalue weighted by Gasteiger charge is 2.32. The van der Waals surface area contributed by atoms with Crippen LogP contribution in [0, 0.1) is 5.92 Å². The molecule has 0 radical (unpaired) electrons. The van der Waals surface area contributed by atoms with Gasteiger partial charge >= 0.3 is 0 Å². The Morgan fingerprint density at radius 1 is 1.47 bits per heavy atom. The molecule has 2 rings (SSSR count). The van der Waals surface area contributed by atoms with Crippen molar-refractivity contribution in [1.82, 2.24) is 15.1 Å². The molecule has 0 aromatic carbocycles. The van der Waals surface area contributed by atoms with Gasteiger partial charge < -0.3 is 10.1 Å². The van der Waals surface area contributed by atoms with Gasteiger partial charge in [-0.2, -0.15) is 5.10 Å². The monoisotopic (exact) mass is 237 g/mol. The van der Waals surface area contributed by atoms with Crippen molar-refractivity contribution >= 4 is 0 Å². The van der Waals surface area contributed by atoms with E-state index >= 15 is 0 Å². The van der Waals surface area contributed by atoms with Gasteiger partial charge in [-0.15, -0.1) is 0 Å². The first-order valence-corrected chi connectivity index (χ1v) is 6.47. The number of nitrogens with one attached hydrogen (secondary N) is 1. The summed E-state index contributed by atoms with van der Waals surface area (Å²) in [5, 5.41) is 7.88. The Bertz CT molecular complexity index is 369. The van der Waals surface area contributed by atoms with Crippen LogP contribution in [0.25, 0.3) is 0 Å². The van der Waals surface area contributed by atoms with Gasteiger partial charge in [-0.1, -0.05) is 6.42 Å². The van der Waals surface area contributed by atoms with Crippen LogP contribution in [0.1, 0.15) is 50.9 Å². The van der Waals surface area contributed by atoms with Crippen LogP contribution in [0.3, 0.4) is 0 Å². The summed E-state index contributed by atoms with van der Waals surface area (Å²) in [4.78, 5) is 0. The maximum absolute atomic E-state index is 5.45. The Labute approximate surface area is 103 Å². The minimum Gasteiger partial charge on any atom is -0.493 e. The first-order valence-electron chi connectivity index (χ1n) is 6.47. The third kappa shape index (κ3) is 2.18. The molecular formula is C13H23N3O. The zero-order valence-electron chi connectivity index (χ0n) is 11.2. The molecule has 1 atom stereocenters. The lowest BCUT2D eigenvalue weighted by molar-refractivity contribution is 0.223. The van der Waals surface area contributed by atoms with Crippen molar-refractivity contribution < 1.29 is 4.74 Å². The summed E-state index contributed by atoms with van der Waals surface area (Å²) < 4.78 is 7.54. The summed E-state index contributed by atoms with van der Waals surface area (Å²) in [5.74, 6) is 1.63. The molecule has 1 aliphatic carbocycles. The van der Waals surface area contributed by atoms with Crippen LogP contribution in [0.5, 0.6) is 5.75 Å². The van der Waals surface area contributed by atoms with Crippen molar-refractivity contribution in [2.45, 2.75) is 45.2 Å². The summed E-state index contributed by atoms with van der Waals surface area (Å²) in [6.45, 7) is 4.31. The SMILES string of the molecule is CNC(c1c(OC)cnn1C(C)C)C1CCC1. The topological polar surface area (TPSA) is 39.1 Å². The second kappa shape index (κ2) is 5.08. The van der Waals surface area contributed by atoms with E-state index in [9.17, 15) is 0 Å². The Hall–Kier alpha value is -1.03. The highest BCUT2D eigenvalue weighted by Crippen LogP contribution is 2.41. The summed E-state index contributed by atoms with van der Waals surface area (Å²) in [6.07, 6.45) is 5.79. The largest absolute Gasteiger partial charge is 0.493 e. The highest BCUT2D eigenvalue weighted by molar-refractivity contribution is 5.29. The lowest BCUT2D eigenvalue weighted by Gasteiger charge is -2.34. The first-order chi connectivity index (χ1) is 8.19. The maximum Gasteiger partial charge on any atom is 0.161 e. The Balaban J connectivity index is 2.35. The van der Waals surface area contributed by atoms with Gasteiger partial charge in [-0.25, -0.2) is 0 Å². The van der Waals surface area contributed by atoms with Crippen LogP contribution in [-0.4, -0.2) is 23.9 Å². The third-order valence-electron chi connectivity index (χ3n) is 3.73. The van der Waals surface area contributed by atoms with E-state index in [1.807, 2.05) is 13.2 Å². The summed E-state index contributed by atoms with van der Waals surface area (Å²) in [7, 11) is 3.75.